The molecule has 0 aromatic heterocycles. The topological polar surface area (TPSA) is 183 Å². The van der Waals surface area contributed by atoms with Crippen molar-refractivity contribution in [3.63, 3.8) is 0 Å². The monoisotopic (exact) mass is 399 g/mol. The standard InChI is InChI=1S/C16H25N5O7/c1-10(22)27-11(4-2-3-7-19-16(17)18)8-12(23)20-9-15(26)28-21-13(24)5-6-14(21)25/h11H,2-9H2,1H3,(H,20,23)(H4,17,18,19)/t11-/m0/s1. The van der Waals surface area contributed by atoms with E-state index in [9.17, 15) is 24.0 Å². The van der Waals surface area contributed by atoms with E-state index in [0.717, 1.165) is 0 Å². The van der Waals surface area contributed by atoms with E-state index in [-0.39, 0.29) is 25.2 Å². The number of aliphatic imine (C=N–C) groups is 1. The van der Waals surface area contributed by atoms with Gasteiger partial charge in [-0.15, -0.1) is 5.06 Å². The van der Waals surface area contributed by atoms with Gasteiger partial charge in [-0.05, 0) is 19.3 Å². The molecule has 1 aliphatic rings. The zero-order valence-corrected chi connectivity index (χ0v) is 15.6. The molecule has 28 heavy (non-hydrogen) atoms. The number of guanidine groups is 1. The Morgan fingerprint density at radius 1 is 1.18 bits per heavy atom. The number of hydrogen-bond acceptors (Lipinski definition) is 8. The fraction of sp³-hybridized carbons (Fsp3) is 0.625. The van der Waals surface area contributed by atoms with Crippen molar-refractivity contribution >= 4 is 35.6 Å². The number of hydroxylamine groups is 2. The van der Waals surface area contributed by atoms with Crippen LogP contribution in [-0.4, -0.2) is 59.9 Å². The number of nitrogens with one attached hydrogen (secondary N) is 1. The van der Waals surface area contributed by atoms with Crippen molar-refractivity contribution in [2.45, 2.75) is 51.6 Å². The zero-order chi connectivity index (χ0) is 21.1. The van der Waals surface area contributed by atoms with Gasteiger partial charge in [-0.1, -0.05) is 0 Å². The van der Waals surface area contributed by atoms with Gasteiger partial charge in [0, 0.05) is 26.3 Å². The molecule has 0 aromatic carbocycles. The Morgan fingerprint density at radius 3 is 2.39 bits per heavy atom. The molecule has 12 heteroatoms. The van der Waals surface area contributed by atoms with Gasteiger partial charge in [0.05, 0.1) is 6.42 Å². The highest BCUT2D eigenvalue weighted by Gasteiger charge is 2.32. The van der Waals surface area contributed by atoms with Gasteiger partial charge in [-0.25, -0.2) is 4.79 Å². The maximum absolute atomic E-state index is 12.0. The first kappa shape index (κ1) is 22.9. The molecular formula is C16H25N5O7. The van der Waals surface area contributed by atoms with Gasteiger partial charge in [0.25, 0.3) is 11.8 Å². The lowest BCUT2D eigenvalue weighted by Gasteiger charge is -2.17. The van der Waals surface area contributed by atoms with Gasteiger partial charge < -0.3 is 26.4 Å². The third-order valence-electron chi connectivity index (χ3n) is 3.60. The number of carbonyl (C=O) groups is 5. The highest BCUT2D eigenvalue weighted by atomic mass is 16.7. The van der Waals surface area contributed by atoms with E-state index in [1.807, 2.05) is 0 Å². The van der Waals surface area contributed by atoms with E-state index < -0.39 is 42.3 Å². The second-order valence-electron chi connectivity index (χ2n) is 6.06. The quantitative estimate of drug-likeness (QED) is 0.122. The average Bonchev–Trinajstić information content (AvgIpc) is 2.90. The maximum Gasteiger partial charge on any atom is 0.352 e. The van der Waals surface area contributed by atoms with Crippen molar-refractivity contribution in [3.8, 4) is 0 Å². The fourth-order valence-corrected chi connectivity index (χ4v) is 2.37. The smallest absolute Gasteiger partial charge is 0.352 e. The van der Waals surface area contributed by atoms with Crippen LogP contribution in [-0.2, 0) is 33.5 Å². The molecule has 1 rings (SSSR count). The summed E-state index contributed by atoms with van der Waals surface area (Å²) in [4.78, 5) is 66.0. The fourth-order valence-electron chi connectivity index (χ4n) is 2.37. The molecule has 0 spiro atoms. The third-order valence-corrected chi connectivity index (χ3v) is 3.60. The van der Waals surface area contributed by atoms with Crippen molar-refractivity contribution in [2.75, 3.05) is 13.1 Å². The van der Waals surface area contributed by atoms with Crippen molar-refractivity contribution in [1.29, 1.82) is 0 Å². The van der Waals surface area contributed by atoms with Crippen molar-refractivity contribution in [2.24, 2.45) is 16.5 Å². The molecule has 1 saturated heterocycles. The highest BCUT2D eigenvalue weighted by Crippen LogP contribution is 2.12. The van der Waals surface area contributed by atoms with Crippen LogP contribution < -0.4 is 16.8 Å². The normalized spacial score (nSPS) is 14.4. The molecule has 0 bridgehead atoms. The minimum atomic E-state index is -0.960. The number of nitrogens with zero attached hydrogens (tertiary/aromatic N) is 2. The Hall–Kier alpha value is -3.18. The lowest BCUT2D eigenvalue weighted by atomic mass is 10.1. The second-order valence-corrected chi connectivity index (χ2v) is 6.06. The lowest BCUT2D eigenvalue weighted by Crippen LogP contribution is -2.38. The molecule has 156 valence electrons. The number of hydrogen-bond donors (Lipinski definition) is 3. The SMILES string of the molecule is CC(=O)O[C@@H](CCCCN=C(N)N)CC(=O)NCC(=O)ON1C(=O)CCC1=O. The number of ether oxygens (including phenoxy) is 1. The van der Waals surface area contributed by atoms with Crippen LogP contribution in [0.25, 0.3) is 0 Å². The predicted molar refractivity (Wildman–Crippen MR) is 94.9 cm³/mol. The minimum Gasteiger partial charge on any atom is -0.462 e. The van der Waals surface area contributed by atoms with Crippen LogP contribution in [0.2, 0.25) is 0 Å². The summed E-state index contributed by atoms with van der Waals surface area (Å²) in [6.45, 7) is 1.11. The van der Waals surface area contributed by atoms with Crippen LogP contribution in [0.1, 0.15) is 45.4 Å². The number of unbranched alkanes of at least 4 members (excludes halogenated alkanes) is 1. The van der Waals surface area contributed by atoms with Crippen molar-refractivity contribution in [1.82, 2.24) is 10.4 Å². The van der Waals surface area contributed by atoms with Gasteiger partial charge in [-0.3, -0.25) is 24.2 Å². The van der Waals surface area contributed by atoms with Crippen LogP contribution in [0.5, 0.6) is 0 Å². The molecule has 1 fully saturated rings. The summed E-state index contributed by atoms with van der Waals surface area (Å²) in [6, 6.07) is 0. The number of rotatable bonds is 11. The molecular weight excluding hydrogens is 374 g/mol. The van der Waals surface area contributed by atoms with Crippen LogP contribution in [0.3, 0.4) is 0 Å². The van der Waals surface area contributed by atoms with E-state index in [1.54, 1.807) is 0 Å². The summed E-state index contributed by atoms with van der Waals surface area (Å²) in [5, 5.41) is 2.69. The van der Waals surface area contributed by atoms with E-state index in [2.05, 4.69) is 15.1 Å². The Bertz CT molecular complexity index is 629. The number of nitrogens with two attached hydrogens (primary N) is 2. The summed E-state index contributed by atoms with van der Waals surface area (Å²) < 4.78 is 5.09. The van der Waals surface area contributed by atoms with Crippen molar-refractivity contribution < 1.29 is 33.5 Å². The Morgan fingerprint density at radius 2 is 1.82 bits per heavy atom. The second kappa shape index (κ2) is 11.5. The van der Waals surface area contributed by atoms with Crippen molar-refractivity contribution in [3.05, 3.63) is 0 Å². The molecule has 1 atom stereocenters. The Labute approximate surface area is 161 Å². The first-order valence-corrected chi connectivity index (χ1v) is 8.75. The molecule has 1 heterocycles. The molecule has 0 aliphatic carbocycles. The predicted octanol–water partition coefficient (Wildman–Crippen LogP) is -1.52. The first-order chi connectivity index (χ1) is 13.2. The van der Waals surface area contributed by atoms with Crippen LogP contribution in [0, 0.1) is 0 Å². The minimum absolute atomic E-state index is 0.0138. The van der Waals surface area contributed by atoms with Gasteiger partial charge in [-0.2, -0.15) is 0 Å². The molecule has 0 aromatic rings. The summed E-state index contributed by atoms with van der Waals surface area (Å²) in [7, 11) is 0. The Balaban J connectivity index is 2.37. The first-order valence-electron chi connectivity index (χ1n) is 8.75. The van der Waals surface area contributed by atoms with E-state index in [0.29, 0.717) is 30.9 Å². The highest BCUT2D eigenvalue weighted by molar-refractivity contribution is 6.01. The van der Waals surface area contributed by atoms with Crippen LogP contribution in [0.15, 0.2) is 4.99 Å². The zero-order valence-electron chi connectivity index (χ0n) is 15.6. The molecule has 1 aliphatic heterocycles. The van der Waals surface area contributed by atoms with Gasteiger partial charge in [0.15, 0.2) is 5.96 Å². The van der Waals surface area contributed by atoms with Crippen LogP contribution in [0.4, 0.5) is 0 Å². The van der Waals surface area contributed by atoms with E-state index >= 15 is 0 Å². The molecule has 3 amide bonds. The molecule has 12 nitrogen and oxygen atoms in total. The third kappa shape index (κ3) is 8.96. The molecule has 5 N–H and O–H groups in total. The summed E-state index contributed by atoms with van der Waals surface area (Å²) in [6.07, 6.45) is 0.794. The van der Waals surface area contributed by atoms with E-state index in [4.69, 9.17) is 16.2 Å². The summed E-state index contributed by atoms with van der Waals surface area (Å²) >= 11 is 0. The summed E-state index contributed by atoms with van der Waals surface area (Å²) in [5.41, 5.74) is 10.4. The van der Waals surface area contributed by atoms with Gasteiger partial charge in [0.1, 0.15) is 12.6 Å². The largest absolute Gasteiger partial charge is 0.462 e. The summed E-state index contributed by atoms with van der Waals surface area (Å²) in [5.74, 6) is -3.28. The Kier molecular flexibility index (Phi) is 9.40. The molecule has 0 saturated carbocycles. The lowest BCUT2D eigenvalue weighted by molar-refractivity contribution is -0.196. The number of carbonyl (C=O) groups excluding carboxylic acids is 5. The average molecular weight is 399 g/mol. The van der Waals surface area contributed by atoms with E-state index in [1.165, 1.54) is 6.92 Å². The van der Waals surface area contributed by atoms with Gasteiger partial charge >= 0.3 is 11.9 Å². The number of esters is 1. The van der Waals surface area contributed by atoms with Gasteiger partial charge in [0.2, 0.25) is 5.91 Å². The van der Waals surface area contributed by atoms with Crippen LogP contribution >= 0.6 is 0 Å². The number of amides is 3. The molecule has 0 unspecified atom stereocenters. The maximum atomic E-state index is 12.0. The number of imide groups is 1. The molecule has 0 radical (unpaired) electrons.